The Morgan fingerprint density at radius 3 is 1.00 bits per heavy atom. The van der Waals surface area contributed by atoms with Crippen LogP contribution in [0.25, 0.3) is 0 Å². The monoisotopic (exact) mass is 236 g/mol. The lowest BCUT2D eigenvalue weighted by Crippen LogP contribution is -2.17. The maximum Gasteiger partial charge on any atom is 0.0216 e. The third-order valence-corrected chi connectivity index (χ3v) is 1.62. The zero-order valence-electron chi connectivity index (χ0n) is 11.7. The number of hydrogen-bond donors (Lipinski definition) is 2. The SMILES string of the molecule is C=C[C@H](C)NC.C=C[C@H](C)NC.CC.O.O. The van der Waals surface area contributed by atoms with Gasteiger partial charge in [-0.05, 0) is 27.9 Å². The molecule has 6 N–H and O–H groups in total. The van der Waals surface area contributed by atoms with E-state index in [1.165, 1.54) is 0 Å². The molecule has 0 heterocycles. The molecule has 0 aliphatic heterocycles. The summed E-state index contributed by atoms with van der Waals surface area (Å²) in [7, 11) is 3.82. The normalized spacial score (nSPS) is 10.6. The maximum absolute atomic E-state index is 3.57. The molecule has 4 heteroatoms. The quantitative estimate of drug-likeness (QED) is 0.712. The molecule has 0 aromatic rings. The predicted molar refractivity (Wildman–Crippen MR) is 76.0 cm³/mol. The molecule has 4 nitrogen and oxygen atoms in total. The van der Waals surface area contributed by atoms with Crippen molar-refractivity contribution in [2.75, 3.05) is 14.1 Å². The third-order valence-electron chi connectivity index (χ3n) is 1.62. The Bertz CT molecular complexity index is 106. The first-order valence-electron chi connectivity index (χ1n) is 5.22. The van der Waals surface area contributed by atoms with Crippen LogP contribution in [-0.2, 0) is 0 Å². The summed E-state index contributed by atoms with van der Waals surface area (Å²) in [4.78, 5) is 0. The van der Waals surface area contributed by atoms with Crippen molar-refractivity contribution in [3.8, 4) is 0 Å². The molecule has 0 aromatic carbocycles. The molecule has 0 radical (unpaired) electrons. The van der Waals surface area contributed by atoms with E-state index in [1.54, 1.807) is 0 Å². The minimum absolute atomic E-state index is 0. The summed E-state index contributed by atoms with van der Waals surface area (Å²) >= 11 is 0. The van der Waals surface area contributed by atoms with E-state index in [0.29, 0.717) is 12.1 Å². The molecule has 0 rings (SSSR count). The van der Waals surface area contributed by atoms with Crippen LogP contribution in [0.3, 0.4) is 0 Å². The van der Waals surface area contributed by atoms with Crippen molar-refractivity contribution < 1.29 is 11.0 Å². The molecule has 16 heavy (non-hydrogen) atoms. The van der Waals surface area contributed by atoms with Gasteiger partial charge in [0.2, 0.25) is 0 Å². The van der Waals surface area contributed by atoms with Crippen LogP contribution in [0, 0.1) is 0 Å². The standard InChI is InChI=1S/2C5H11N.C2H6.2H2O/c2*1-4-5(2)6-3;1-2;;/h2*4-6H,1H2,2-3H3;1-2H3;2*1H2/t2*5-;;;/m00.../s1. The summed E-state index contributed by atoms with van der Waals surface area (Å²) in [6, 6.07) is 0.898. The van der Waals surface area contributed by atoms with E-state index < -0.39 is 0 Å². The second-order valence-corrected chi connectivity index (χ2v) is 2.63. The van der Waals surface area contributed by atoms with Crippen molar-refractivity contribution in [2.24, 2.45) is 0 Å². The van der Waals surface area contributed by atoms with E-state index in [0.717, 1.165) is 0 Å². The Labute approximate surface area is 101 Å². The van der Waals surface area contributed by atoms with Gasteiger partial charge in [0.15, 0.2) is 0 Å². The molecule has 0 amide bonds. The van der Waals surface area contributed by atoms with E-state index in [4.69, 9.17) is 0 Å². The fourth-order valence-corrected chi connectivity index (χ4v) is 0.236. The molecule has 0 aliphatic carbocycles. The predicted octanol–water partition coefficient (Wildman–Crippen LogP) is 0.937. The number of likely N-dealkylation sites (N-methyl/N-ethyl adjacent to an activating group) is 2. The molecule has 0 bridgehead atoms. The Balaban J connectivity index is -0.0000000393. The second-order valence-electron chi connectivity index (χ2n) is 2.63. The average molecular weight is 236 g/mol. The summed E-state index contributed by atoms with van der Waals surface area (Å²) < 4.78 is 0. The molecule has 102 valence electrons. The van der Waals surface area contributed by atoms with Gasteiger partial charge in [-0.15, -0.1) is 13.2 Å². The van der Waals surface area contributed by atoms with E-state index in [-0.39, 0.29) is 11.0 Å². The third kappa shape index (κ3) is 37.7. The zero-order valence-corrected chi connectivity index (χ0v) is 11.7. The van der Waals surface area contributed by atoms with E-state index >= 15 is 0 Å². The van der Waals surface area contributed by atoms with Crippen molar-refractivity contribution in [3.63, 3.8) is 0 Å². The van der Waals surface area contributed by atoms with Gasteiger partial charge in [-0.3, -0.25) is 0 Å². The average Bonchev–Trinajstić information content (AvgIpc) is 2.30. The summed E-state index contributed by atoms with van der Waals surface area (Å²) in [5.41, 5.74) is 0. The van der Waals surface area contributed by atoms with Crippen molar-refractivity contribution in [3.05, 3.63) is 25.3 Å². The lowest BCUT2D eigenvalue weighted by Gasteiger charge is -1.98. The topological polar surface area (TPSA) is 87.1 Å². The smallest absolute Gasteiger partial charge is 0.0216 e. The lowest BCUT2D eigenvalue weighted by molar-refractivity contribution is 0.730. The van der Waals surface area contributed by atoms with Gasteiger partial charge in [0.05, 0.1) is 0 Å². The van der Waals surface area contributed by atoms with Gasteiger partial charge >= 0.3 is 0 Å². The van der Waals surface area contributed by atoms with Crippen LogP contribution in [0.5, 0.6) is 0 Å². The van der Waals surface area contributed by atoms with Gasteiger partial charge in [0, 0.05) is 12.1 Å². The minimum atomic E-state index is 0. The minimum Gasteiger partial charge on any atom is -0.412 e. The molecular weight excluding hydrogens is 204 g/mol. The van der Waals surface area contributed by atoms with Gasteiger partial charge in [0.25, 0.3) is 0 Å². The fraction of sp³-hybridized carbons (Fsp3) is 0.667. The second kappa shape index (κ2) is 29.2. The zero-order chi connectivity index (χ0) is 12.0. The first-order valence-corrected chi connectivity index (χ1v) is 5.22. The molecule has 0 spiro atoms. The molecule has 2 atom stereocenters. The highest BCUT2D eigenvalue weighted by Gasteiger charge is 1.82. The van der Waals surface area contributed by atoms with Gasteiger partial charge in [-0.2, -0.15) is 0 Å². The van der Waals surface area contributed by atoms with E-state index in [9.17, 15) is 0 Å². The Morgan fingerprint density at radius 1 is 0.812 bits per heavy atom. The van der Waals surface area contributed by atoms with E-state index in [1.807, 2.05) is 53.9 Å². The van der Waals surface area contributed by atoms with Crippen molar-refractivity contribution in [2.45, 2.75) is 39.8 Å². The Morgan fingerprint density at radius 2 is 1.00 bits per heavy atom. The molecule has 0 fully saturated rings. The summed E-state index contributed by atoms with van der Waals surface area (Å²) in [5, 5.41) is 5.99. The van der Waals surface area contributed by atoms with Crippen molar-refractivity contribution in [1.29, 1.82) is 0 Å². The molecule has 0 saturated carbocycles. The highest BCUT2D eigenvalue weighted by molar-refractivity contribution is 4.79. The van der Waals surface area contributed by atoms with Gasteiger partial charge in [-0.1, -0.05) is 26.0 Å². The van der Waals surface area contributed by atoms with Crippen LogP contribution in [0.4, 0.5) is 0 Å². The van der Waals surface area contributed by atoms with Crippen LogP contribution >= 0.6 is 0 Å². The van der Waals surface area contributed by atoms with Crippen LogP contribution in [0.15, 0.2) is 25.3 Å². The lowest BCUT2D eigenvalue weighted by atomic mass is 10.3. The maximum atomic E-state index is 3.57. The van der Waals surface area contributed by atoms with Crippen LogP contribution in [-0.4, -0.2) is 37.1 Å². The largest absolute Gasteiger partial charge is 0.412 e. The van der Waals surface area contributed by atoms with Gasteiger partial charge < -0.3 is 21.6 Å². The van der Waals surface area contributed by atoms with Crippen molar-refractivity contribution in [1.82, 2.24) is 10.6 Å². The highest BCUT2D eigenvalue weighted by atomic mass is 16.0. The first-order chi connectivity index (χ1) is 6.62. The highest BCUT2D eigenvalue weighted by Crippen LogP contribution is 1.74. The summed E-state index contributed by atoms with van der Waals surface area (Å²) in [5.74, 6) is 0. The number of rotatable bonds is 4. The summed E-state index contributed by atoms with van der Waals surface area (Å²) in [6.07, 6.45) is 3.72. The molecular formula is C12H32N2O2. The van der Waals surface area contributed by atoms with Crippen molar-refractivity contribution >= 4 is 0 Å². The Hall–Kier alpha value is -0.680. The molecule has 0 aliphatic rings. The van der Waals surface area contributed by atoms with Crippen LogP contribution < -0.4 is 10.6 Å². The molecule has 0 unspecified atom stereocenters. The Kier molecular flexibility index (Phi) is 53.9. The summed E-state index contributed by atoms with van der Waals surface area (Å²) in [6.45, 7) is 15.2. The number of nitrogens with one attached hydrogen (secondary N) is 2. The van der Waals surface area contributed by atoms with E-state index in [2.05, 4.69) is 23.8 Å². The van der Waals surface area contributed by atoms with Crippen LogP contribution in [0.2, 0.25) is 0 Å². The van der Waals surface area contributed by atoms with Gasteiger partial charge in [0.1, 0.15) is 0 Å². The van der Waals surface area contributed by atoms with Gasteiger partial charge in [-0.25, -0.2) is 0 Å². The molecule has 0 saturated heterocycles. The fourth-order valence-electron chi connectivity index (χ4n) is 0.236. The first kappa shape index (κ1) is 29.5. The molecule has 0 aromatic heterocycles. The van der Waals surface area contributed by atoms with Crippen LogP contribution in [0.1, 0.15) is 27.7 Å². The number of hydrogen-bond acceptors (Lipinski definition) is 2.